The van der Waals surface area contributed by atoms with E-state index in [9.17, 15) is 16.8 Å². The third-order valence-corrected chi connectivity index (χ3v) is 7.90. The van der Waals surface area contributed by atoms with E-state index in [0.717, 1.165) is 32.1 Å². The molecule has 2 aliphatic rings. The van der Waals surface area contributed by atoms with E-state index in [4.69, 9.17) is 5.73 Å². The first kappa shape index (κ1) is 15.2. The third-order valence-electron chi connectivity index (χ3n) is 4.01. The highest BCUT2D eigenvalue weighted by Gasteiger charge is 2.38. The average molecular weight is 310 g/mol. The Hall–Kier alpha value is -0.180. The molecule has 6 nitrogen and oxygen atoms in total. The van der Waals surface area contributed by atoms with Gasteiger partial charge in [0.2, 0.25) is 10.0 Å². The summed E-state index contributed by atoms with van der Waals surface area (Å²) in [5.74, 6) is -0.292. The summed E-state index contributed by atoms with van der Waals surface area (Å²) in [4.78, 5) is 0. The van der Waals surface area contributed by atoms with Crippen molar-refractivity contribution in [3.05, 3.63) is 0 Å². The van der Waals surface area contributed by atoms with Gasteiger partial charge in [-0.3, -0.25) is 0 Å². The molecule has 19 heavy (non-hydrogen) atoms. The lowest BCUT2D eigenvalue weighted by atomic mass is 10.1. The molecule has 0 amide bonds. The summed E-state index contributed by atoms with van der Waals surface area (Å²) >= 11 is 0. The van der Waals surface area contributed by atoms with Crippen molar-refractivity contribution in [2.45, 2.75) is 55.9 Å². The standard InChI is InChI=1S/C11H22N2O4S2/c12-10-4-2-1-3-5-11(10)13-19(16,17)9-6-7-18(14,15)8-9/h9-11,13H,1-8,12H2. The minimum Gasteiger partial charge on any atom is -0.326 e. The molecular formula is C11H22N2O4S2. The van der Waals surface area contributed by atoms with Crippen molar-refractivity contribution in [1.82, 2.24) is 4.72 Å². The lowest BCUT2D eigenvalue weighted by molar-refractivity contribution is 0.453. The third kappa shape index (κ3) is 3.90. The van der Waals surface area contributed by atoms with E-state index in [-0.39, 0.29) is 30.0 Å². The van der Waals surface area contributed by atoms with Gasteiger partial charge in [0.15, 0.2) is 9.84 Å². The fraction of sp³-hybridized carbons (Fsp3) is 1.00. The summed E-state index contributed by atoms with van der Waals surface area (Å²) < 4.78 is 49.8. The van der Waals surface area contributed by atoms with Crippen LogP contribution in [0.2, 0.25) is 0 Å². The van der Waals surface area contributed by atoms with E-state index in [1.807, 2.05) is 0 Å². The second-order valence-corrected chi connectivity index (χ2v) is 9.82. The predicted molar refractivity (Wildman–Crippen MR) is 74.0 cm³/mol. The number of nitrogens with one attached hydrogen (secondary N) is 1. The van der Waals surface area contributed by atoms with Crippen LogP contribution in [0.1, 0.15) is 38.5 Å². The SMILES string of the molecule is NC1CCCCCC1NS(=O)(=O)C1CCS(=O)(=O)C1. The zero-order valence-electron chi connectivity index (χ0n) is 10.9. The molecule has 1 saturated carbocycles. The number of hydrogen-bond donors (Lipinski definition) is 2. The molecule has 3 unspecified atom stereocenters. The fourth-order valence-electron chi connectivity index (χ4n) is 2.80. The number of sulfonamides is 1. The molecule has 8 heteroatoms. The van der Waals surface area contributed by atoms with Crippen molar-refractivity contribution >= 4 is 19.9 Å². The van der Waals surface area contributed by atoms with Gasteiger partial charge in [0.05, 0.1) is 16.8 Å². The Morgan fingerprint density at radius 1 is 1.05 bits per heavy atom. The molecule has 3 atom stereocenters. The van der Waals surface area contributed by atoms with Gasteiger partial charge in [-0.25, -0.2) is 21.6 Å². The normalized spacial score (nSPS) is 35.9. The summed E-state index contributed by atoms with van der Waals surface area (Å²) in [7, 11) is -6.78. The van der Waals surface area contributed by atoms with E-state index >= 15 is 0 Å². The lowest BCUT2D eigenvalue weighted by Crippen LogP contribution is -2.49. The van der Waals surface area contributed by atoms with Crippen LogP contribution in [-0.2, 0) is 19.9 Å². The Balaban J connectivity index is 2.04. The summed E-state index contributed by atoms with van der Waals surface area (Å²) in [6.45, 7) is 0. The highest BCUT2D eigenvalue weighted by atomic mass is 32.2. The zero-order chi connectivity index (χ0) is 14.1. The van der Waals surface area contributed by atoms with Crippen molar-refractivity contribution in [2.24, 2.45) is 5.73 Å². The number of rotatable bonds is 3. The van der Waals surface area contributed by atoms with Gasteiger partial charge in [-0.05, 0) is 19.3 Å². The monoisotopic (exact) mass is 310 g/mol. The molecule has 0 bridgehead atoms. The topological polar surface area (TPSA) is 106 Å². The highest BCUT2D eigenvalue weighted by Crippen LogP contribution is 2.22. The number of sulfone groups is 1. The molecule has 0 radical (unpaired) electrons. The van der Waals surface area contributed by atoms with Gasteiger partial charge in [0, 0.05) is 12.1 Å². The van der Waals surface area contributed by atoms with Gasteiger partial charge in [-0.1, -0.05) is 19.3 Å². The summed E-state index contributed by atoms with van der Waals surface area (Å²) in [6, 6.07) is -0.425. The first-order valence-corrected chi connectivity index (χ1v) is 10.1. The maximum Gasteiger partial charge on any atom is 0.215 e. The van der Waals surface area contributed by atoms with Crippen LogP contribution in [0.3, 0.4) is 0 Å². The molecule has 2 rings (SSSR count). The van der Waals surface area contributed by atoms with Crippen LogP contribution >= 0.6 is 0 Å². The van der Waals surface area contributed by atoms with Crippen LogP contribution in [-0.4, -0.2) is 45.7 Å². The van der Waals surface area contributed by atoms with Gasteiger partial charge in [0.1, 0.15) is 0 Å². The van der Waals surface area contributed by atoms with Crippen molar-refractivity contribution in [3.63, 3.8) is 0 Å². The summed E-state index contributed by atoms with van der Waals surface area (Å²) in [5, 5.41) is -0.812. The molecule has 1 heterocycles. The summed E-state index contributed by atoms with van der Waals surface area (Å²) in [5.41, 5.74) is 5.99. The Labute approximate surface area is 115 Å². The molecule has 0 spiro atoms. The van der Waals surface area contributed by atoms with Crippen LogP contribution in [0.25, 0.3) is 0 Å². The molecule has 112 valence electrons. The number of hydrogen-bond acceptors (Lipinski definition) is 5. The Morgan fingerprint density at radius 2 is 1.74 bits per heavy atom. The van der Waals surface area contributed by atoms with Gasteiger partial charge in [-0.2, -0.15) is 0 Å². The molecule has 1 saturated heterocycles. The second-order valence-electron chi connectivity index (χ2n) is 5.60. The first-order valence-electron chi connectivity index (χ1n) is 6.77. The largest absolute Gasteiger partial charge is 0.326 e. The molecule has 2 fully saturated rings. The van der Waals surface area contributed by atoms with Crippen LogP contribution in [0.5, 0.6) is 0 Å². The van der Waals surface area contributed by atoms with Crippen LogP contribution in [0, 0.1) is 0 Å². The van der Waals surface area contributed by atoms with Crippen LogP contribution in [0.15, 0.2) is 0 Å². The Kier molecular flexibility index (Phi) is 4.54. The average Bonchev–Trinajstić information content (AvgIpc) is 2.56. The minimum absolute atomic E-state index is 0.0324. The smallest absolute Gasteiger partial charge is 0.215 e. The van der Waals surface area contributed by atoms with Gasteiger partial charge < -0.3 is 5.73 Å². The minimum atomic E-state index is -3.59. The van der Waals surface area contributed by atoms with Crippen molar-refractivity contribution in [1.29, 1.82) is 0 Å². The second kappa shape index (κ2) is 5.67. The number of nitrogens with two attached hydrogens (primary N) is 1. The molecule has 0 aromatic carbocycles. The molecule has 1 aliphatic carbocycles. The van der Waals surface area contributed by atoms with Crippen molar-refractivity contribution in [2.75, 3.05) is 11.5 Å². The fourth-order valence-corrected chi connectivity index (χ4v) is 7.16. The first-order chi connectivity index (χ1) is 8.80. The predicted octanol–water partition coefficient (Wildman–Crippen LogP) is -0.247. The van der Waals surface area contributed by atoms with Gasteiger partial charge >= 0.3 is 0 Å². The van der Waals surface area contributed by atoms with Gasteiger partial charge in [0.25, 0.3) is 0 Å². The van der Waals surface area contributed by atoms with E-state index in [1.165, 1.54) is 0 Å². The van der Waals surface area contributed by atoms with Gasteiger partial charge in [-0.15, -0.1) is 0 Å². The van der Waals surface area contributed by atoms with E-state index in [0.29, 0.717) is 0 Å². The summed E-state index contributed by atoms with van der Waals surface area (Å²) in [6.07, 6.45) is 4.81. The van der Waals surface area contributed by atoms with E-state index in [2.05, 4.69) is 4.72 Å². The molecular weight excluding hydrogens is 288 g/mol. The van der Waals surface area contributed by atoms with Crippen LogP contribution in [0.4, 0.5) is 0 Å². The Bertz CT molecular complexity index is 515. The quantitative estimate of drug-likeness (QED) is 0.699. The van der Waals surface area contributed by atoms with E-state index < -0.39 is 25.1 Å². The maximum absolute atomic E-state index is 12.2. The molecule has 3 N–H and O–H groups in total. The van der Waals surface area contributed by atoms with Crippen LogP contribution < -0.4 is 10.5 Å². The lowest BCUT2D eigenvalue weighted by Gasteiger charge is -2.24. The van der Waals surface area contributed by atoms with Crippen molar-refractivity contribution < 1.29 is 16.8 Å². The molecule has 0 aromatic heterocycles. The molecule has 0 aromatic rings. The van der Waals surface area contributed by atoms with E-state index in [1.54, 1.807) is 0 Å². The zero-order valence-corrected chi connectivity index (χ0v) is 12.5. The maximum atomic E-state index is 12.2. The molecule has 1 aliphatic heterocycles. The van der Waals surface area contributed by atoms with Crippen molar-refractivity contribution in [3.8, 4) is 0 Å². The Morgan fingerprint density at radius 3 is 2.37 bits per heavy atom. The highest BCUT2D eigenvalue weighted by molar-refractivity contribution is 7.95.